The van der Waals surface area contributed by atoms with Crippen molar-refractivity contribution in [1.29, 1.82) is 0 Å². The van der Waals surface area contributed by atoms with Gasteiger partial charge in [0.15, 0.2) is 23.1 Å². The number of benzene rings is 1. The fraction of sp³-hybridized carbons (Fsp3) is 0.154. The Morgan fingerprint density at radius 1 is 1.05 bits per heavy atom. The molecule has 21 heavy (non-hydrogen) atoms. The first kappa shape index (κ1) is 14.4. The number of anilines is 3. The van der Waals surface area contributed by atoms with Crippen molar-refractivity contribution in [3.63, 3.8) is 0 Å². The third kappa shape index (κ3) is 3.30. The molecule has 2 aromatic rings. The van der Waals surface area contributed by atoms with E-state index in [1.54, 1.807) is 24.3 Å². The summed E-state index contributed by atoms with van der Waals surface area (Å²) in [5.41, 5.74) is 18.1. The Labute approximate surface area is 121 Å². The van der Waals surface area contributed by atoms with Gasteiger partial charge < -0.3 is 17.2 Å². The van der Waals surface area contributed by atoms with Gasteiger partial charge in [-0.05, 0) is 24.3 Å². The number of carbonyl (C=O) groups is 1. The first-order valence-electron chi connectivity index (χ1n) is 6.24. The Hall–Kier alpha value is -3.03. The average molecular weight is 285 g/mol. The second kappa shape index (κ2) is 5.95. The minimum Gasteiger partial charge on any atom is -0.382 e. The van der Waals surface area contributed by atoms with Crippen molar-refractivity contribution in [2.45, 2.75) is 13.3 Å². The van der Waals surface area contributed by atoms with Crippen LogP contribution in [0.15, 0.2) is 34.5 Å². The Morgan fingerprint density at radius 3 is 2.14 bits per heavy atom. The zero-order chi connectivity index (χ0) is 15.4. The molecule has 0 aliphatic carbocycles. The molecule has 0 fully saturated rings. The van der Waals surface area contributed by atoms with Crippen molar-refractivity contribution in [2.24, 2.45) is 10.2 Å². The van der Waals surface area contributed by atoms with Gasteiger partial charge in [-0.3, -0.25) is 4.79 Å². The van der Waals surface area contributed by atoms with Gasteiger partial charge in [0, 0.05) is 12.0 Å². The van der Waals surface area contributed by atoms with Crippen LogP contribution in [0.5, 0.6) is 0 Å². The molecule has 1 aromatic heterocycles. The summed E-state index contributed by atoms with van der Waals surface area (Å²) in [6.45, 7) is 1.81. The minimum absolute atomic E-state index is 0.0219. The van der Waals surface area contributed by atoms with E-state index < -0.39 is 0 Å². The predicted molar refractivity (Wildman–Crippen MR) is 80.5 cm³/mol. The van der Waals surface area contributed by atoms with Gasteiger partial charge in [-0.15, -0.1) is 5.11 Å². The molecule has 6 N–H and O–H groups in total. The monoisotopic (exact) mass is 285 g/mol. The molecule has 1 heterocycles. The van der Waals surface area contributed by atoms with E-state index in [9.17, 15) is 4.79 Å². The SMILES string of the molecule is CCC(=O)c1ccc(N=Nc2c(N)nc(N)nc2N)cc1. The smallest absolute Gasteiger partial charge is 0.224 e. The number of hydrogen-bond donors (Lipinski definition) is 3. The van der Waals surface area contributed by atoms with E-state index in [0.717, 1.165) is 0 Å². The number of nitrogen functional groups attached to an aromatic ring is 3. The summed E-state index contributed by atoms with van der Waals surface area (Å²) in [6.07, 6.45) is 0.455. The highest BCUT2D eigenvalue weighted by Gasteiger charge is 2.08. The summed E-state index contributed by atoms with van der Waals surface area (Å²) in [4.78, 5) is 19.0. The van der Waals surface area contributed by atoms with Crippen LogP contribution in [0.2, 0.25) is 0 Å². The van der Waals surface area contributed by atoms with Gasteiger partial charge in [0.2, 0.25) is 5.95 Å². The summed E-state index contributed by atoms with van der Waals surface area (Å²) in [6, 6.07) is 6.73. The van der Waals surface area contributed by atoms with Crippen molar-refractivity contribution < 1.29 is 4.79 Å². The first-order valence-corrected chi connectivity index (χ1v) is 6.24. The largest absolute Gasteiger partial charge is 0.382 e. The van der Waals surface area contributed by atoms with Gasteiger partial charge in [-0.25, -0.2) is 0 Å². The average Bonchev–Trinajstić information content (AvgIpc) is 2.46. The highest BCUT2D eigenvalue weighted by Crippen LogP contribution is 2.28. The molecule has 0 amide bonds. The molecule has 8 nitrogen and oxygen atoms in total. The third-order valence-electron chi connectivity index (χ3n) is 2.73. The Kier molecular flexibility index (Phi) is 4.07. The van der Waals surface area contributed by atoms with E-state index in [4.69, 9.17) is 17.2 Å². The van der Waals surface area contributed by atoms with Crippen molar-refractivity contribution in [2.75, 3.05) is 17.2 Å². The number of hydrogen-bond acceptors (Lipinski definition) is 8. The Bertz CT molecular complexity index is 671. The number of rotatable bonds is 4. The lowest BCUT2D eigenvalue weighted by molar-refractivity contribution is 0.0988. The number of nitrogens with zero attached hydrogens (tertiary/aromatic N) is 4. The summed E-state index contributed by atoms with van der Waals surface area (Å²) < 4.78 is 0. The van der Waals surface area contributed by atoms with Gasteiger partial charge in [0.25, 0.3) is 0 Å². The number of carbonyl (C=O) groups excluding carboxylic acids is 1. The predicted octanol–water partition coefficient (Wildman–Crippen LogP) is 2.23. The molecule has 0 aliphatic heterocycles. The molecule has 0 saturated carbocycles. The number of nitrogens with two attached hydrogens (primary N) is 3. The van der Waals surface area contributed by atoms with E-state index in [2.05, 4.69) is 20.2 Å². The van der Waals surface area contributed by atoms with E-state index in [-0.39, 0.29) is 29.1 Å². The molecule has 0 aliphatic rings. The minimum atomic E-state index is -0.0219. The summed E-state index contributed by atoms with van der Waals surface area (Å²) in [7, 11) is 0. The van der Waals surface area contributed by atoms with Crippen molar-refractivity contribution >= 4 is 34.7 Å². The summed E-state index contributed by atoms with van der Waals surface area (Å²) in [5.74, 6) is 0.161. The van der Waals surface area contributed by atoms with Crippen LogP contribution < -0.4 is 17.2 Å². The zero-order valence-electron chi connectivity index (χ0n) is 11.4. The number of aromatic nitrogens is 2. The van der Waals surface area contributed by atoms with E-state index in [1.165, 1.54) is 0 Å². The molecule has 8 heteroatoms. The maximum atomic E-state index is 11.5. The fourth-order valence-electron chi connectivity index (χ4n) is 1.64. The number of ketones is 1. The molecular weight excluding hydrogens is 270 g/mol. The molecule has 2 rings (SSSR count). The van der Waals surface area contributed by atoms with E-state index in [1.807, 2.05) is 6.92 Å². The standard InChI is InChI=1S/C13H15N7O/c1-2-9(21)7-3-5-8(6-4-7)19-20-10-11(14)17-13(16)18-12(10)15/h3-6H,2H2,1H3,(H6,14,15,16,17,18). The zero-order valence-corrected chi connectivity index (χ0v) is 11.4. The molecule has 0 spiro atoms. The van der Waals surface area contributed by atoms with Gasteiger partial charge in [-0.2, -0.15) is 15.1 Å². The first-order chi connectivity index (χ1) is 10.0. The molecule has 0 radical (unpaired) electrons. The van der Waals surface area contributed by atoms with Crippen LogP contribution in [0, 0.1) is 0 Å². The lowest BCUT2D eigenvalue weighted by atomic mass is 10.1. The van der Waals surface area contributed by atoms with Gasteiger partial charge in [0.05, 0.1) is 5.69 Å². The second-order valence-electron chi connectivity index (χ2n) is 4.22. The highest BCUT2D eigenvalue weighted by molar-refractivity contribution is 5.96. The van der Waals surface area contributed by atoms with Crippen LogP contribution in [0.25, 0.3) is 0 Å². The lowest BCUT2D eigenvalue weighted by Crippen LogP contribution is -2.03. The van der Waals surface area contributed by atoms with Crippen molar-refractivity contribution in [1.82, 2.24) is 9.97 Å². The van der Waals surface area contributed by atoms with Crippen LogP contribution in [-0.2, 0) is 0 Å². The summed E-state index contributed by atoms with van der Waals surface area (Å²) in [5, 5.41) is 7.91. The van der Waals surface area contributed by atoms with Crippen molar-refractivity contribution in [3.8, 4) is 0 Å². The van der Waals surface area contributed by atoms with Crippen LogP contribution in [0.3, 0.4) is 0 Å². The van der Waals surface area contributed by atoms with E-state index in [0.29, 0.717) is 17.7 Å². The number of azo groups is 1. The van der Waals surface area contributed by atoms with Gasteiger partial charge >= 0.3 is 0 Å². The van der Waals surface area contributed by atoms with Crippen LogP contribution in [0.1, 0.15) is 23.7 Å². The quantitative estimate of drug-likeness (QED) is 0.579. The molecule has 0 unspecified atom stereocenters. The molecule has 0 atom stereocenters. The fourth-order valence-corrected chi connectivity index (χ4v) is 1.64. The van der Waals surface area contributed by atoms with Crippen LogP contribution in [0.4, 0.5) is 29.0 Å². The van der Waals surface area contributed by atoms with Gasteiger partial charge in [-0.1, -0.05) is 6.92 Å². The Morgan fingerprint density at radius 2 is 1.62 bits per heavy atom. The van der Waals surface area contributed by atoms with Crippen LogP contribution >= 0.6 is 0 Å². The topological polar surface area (TPSA) is 146 Å². The number of Topliss-reactive ketones (excluding diaryl/α,β-unsaturated/α-hetero) is 1. The van der Waals surface area contributed by atoms with E-state index >= 15 is 0 Å². The molecular formula is C13H15N7O. The maximum absolute atomic E-state index is 11.5. The second-order valence-corrected chi connectivity index (χ2v) is 4.22. The van der Waals surface area contributed by atoms with Gasteiger partial charge in [0.1, 0.15) is 0 Å². The lowest BCUT2D eigenvalue weighted by Gasteiger charge is -2.02. The molecule has 0 bridgehead atoms. The van der Waals surface area contributed by atoms with Crippen molar-refractivity contribution in [3.05, 3.63) is 29.8 Å². The third-order valence-corrected chi connectivity index (χ3v) is 2.73. The summed E-state index contributed by atoms with van der Waals surface area (Å²) >= 11 is 0. The molecule has 108 valence electrons. The molecule has 1 aromatic carbocycles. The Balaban J connectivity index is 2.24. The maximum Gasteiger partial charge on any atom is 0.224 e. The molecule has 0 saturated heterocycles. The van der Waals surface area contributed by atoms with Crippen LogP contribution in [-0.4, -0.2) is 15.8 Å². The highest BCUT2D eigenvalue weighted by atomic mass is 16.1. The normalized spacial score (nSPS) is 10.9.